The van der Waals surface area contributed by atoms with E-state index in [4.69, 9.17) is 18.9 Å². The summed E-state index contributed by atoms with van der Waals surface area (Å²) < 4.78 is 21.8. The molecule has 1 saturated heterocycles. The molecule has 0 saturated carbocycles. The number of carbonyl (C=O) groups excluding carboxylic acids is 3. The molecule has 0 aromatic heterocycles. The average Bonchev–Trinajstić information content (AvgIpc) is 3.34. The van der Waals surface area contributed by atoms with Crippen molar-refractivity contribution in [1.29, 1.82) is 0 Å². The van der Waals surface area contributed by atoms with Crippen LogP contribution in [0.2, 0.25) is 0 Å². The molecular formula is C26H28O7. The predicted octanol–water partition coefficient (Wildman–Crippen LogP) is 4.46. The predicted molar refractivity (Wildman–Crippen MR) is 120 cm³/mol. The lowest BCUT2D eigenvalue weighted by Crippen LogP contribution is -2.43. The van der Waals surface area contributed by atoms with Crippen LogP contribution >= 0.6 is 0 Å². The first-order valence-corrected chi connectivity index (χ1v) is 11.1. The summed E-state index contributed by atoms with van der Waals surface area (Å²) >= 11 is 0. The fourth-order valence-corrected chi connectivity index (χ4v) is 4.39. The van der Waals surface area contributed by atoms with Crippen molar-refractivity contribution < 1.29 is 33.3 Å². The molecule has 33 heavy (non-hydrogen) atoms. The summed E-state index contributed by atoms with van der Waals surface area (Å²) in [4.78, 5) is 37.9. The van der Waals surface area contributed by atoms with Gasteiger partial charge >= 0.3 is 11.9 Å². The Hall–Kier alpha value is -3.35. The molecule has 0 unspecified atom stereocenters. The molecule has 7 heteroatoms. The Labute approximate surface area is 193 Å². The zero-order valence-corrected chi connectivity index (χ0v) is 19.1. The van der Waals surface area contributed by atoms with Crippen LogP contribution in [0.1, 0.15) is 56.8 Å². The van der Waals surface area contributed by atoms with E-state index < -0.39 is 29.6 Å². The van der Waals surface area contributed by atoms with E-state index in [0.29, 0.717) is 17.1 Å². The molecule has 4 rings (SSSR count). The normalized spacial score (nSPS) is 25.8. The van der Waals surface area contributed by atoms with Crippen LogP contribution in [0, 0.1) is 5.41 Å². The topological polar surface area (TPSA) is 88.1 Å². The van der Waals surface area contributed by atoms with Gasteiger partial charge in [0.25, 0.3) is 0 Å². The number of carbonyl (C=O) groups is 3. The minimum Gasteiger partial charge on any atom is -0.457 e. The highest BCUT2D eigenvalue weighted by Crippen LogP contribution is 2.45. The number of fused-ring (bicyclic) bond motifs is 1. The van der Waals surface area contributed by atoms with Crippen molar-refractivity contribution in [2.24, 2.45) is 5.41 Å². The third-order valence-electron chi connectivity index (χ3n) is 6.18. The summed E-state index contributed by atoms with van der Waals surface area (Å²) in [6.07, 6.45) is 7.50. The molecule has 0 amide bonds. The first-order chi connectivity index (χ1) is 15.8. The zero-order chi connectivity index (χ0) is 23.6. The van der Waals surface area contributed by atoms with Gasteiger partial charge in [-0.3, -0.25) is 9.59 Å². The quantitative estimate of drug-likeness (QED) is 0.465. The second-order valence-corrected chi connectivity index (χ2v) is 9.02. The minimum absolute atomic E-state index is 0.0311. The van der Waals surface area contributed by atoms with Crippen molar-refractivity contribution in [1.82, 2.24) is 0 Å². The highest BCUT2D eigenvalue weighted by molar-refractivity contribution is 6.00. The van der Waals surface area contributed by atoms with Gasteiger partial charge in [0.05, 0.1) is 17.4 Å². The van der Waals surface area contributed by atoms with Gasteiger partial charge < -0.3 is 18.9 Å². The van der Waals surface area contributed by atoms with Gasteiger partial charge in [0.15, 0.2) is 17.3 Å². The van der Waals surface area contributed by atoms with Gasteiger partial charge in [-0.1, -0.05) is 17.2 Å². The third-order valence-corrected chi connectivity index (χ3v) is 6.18. The standard InChI is InChI=1S/C26H28O7/c1-16(2)5-4-6-17(3)11-23-26(14-24(28)33-23)13-19(8-10-22(26)27)32-25(29)18-7-9-20-21(12-18)31-15-30-20/h5,7-12,19,23H,4,6,13-15H2,1-3H3/b17-11+/t19-,23-,26+/m1/s1. The van der Waals surface area contributed by atoms with Gasteiger partial charge in [-0.15, -0.1) is 0 Å². The molecule has 1 aliphatic carbocycles. The number of benzene rings is 1. The van der Waals surface area contributed by atoms with Gasteiger partial charge in [0.1, 0.15) is 12.2 Å². The summed E-state index contributed by atoms with van der Waals surface area (Å²) in [5, 5.41) is 0. The van der Waals surface area contributed by atoms with Crippen LogP contribution in [0.15, 0.2) is 53.6 Å². The maximum atomic E-state index is 13.0. The van der Waals surface area contributed by atoms with Gasteiger partial charge in [0, 0.05) is 6.42 Å². The fourth-order valence-electron chi connectivity index (χ4n) is 4.39. The van der Waals surface area contributed by atoms with E-state index in [1.165, 1.54) is 11.6 Å². The maximum absolute atomic E-state index is 13.0. The van der Waals surface area contributed by atoms with Gasteiger partial charge in [-0.2, -0.15) is 0 Å². The Kier molecular flexibility index (Phi) is 6.40. The molecule has 3 atom stereocenters. The zero-order valence-electron chi connectivity index (χ0n) is 19.1. The van der Waals surface area contributed by atoms with Crippen LogP contribution in [0.4, 0.5) is 0 Å². The molecule has 1 aromatic rings. The Bertz CT molecular complexity index is 1060. The number of hydrogen-bond donors (Lipinski definition) is 0. The summed E-state index contributed by atoms with van der Waals surface area (Å²) in [5.74, 6) is -0.0775. The van der Waals surface area contributed by atoms with Crippen LogP contribution in [-0.4, -0.2) is 36.7 Å². The third kappa shape index (κ3) is 4.87. The monoisotopic (exact) mass is 452 g/mol. The van der Waals surface area contributed by atoms with E-state index in [-0.39, 0.29) is 25.4 Å². The Morgan fingerprint density at radius 2 is 1.97 bits per heavy atom. The Morgan fingerprint density at radius 1 is 1.18 bits per heavy atom. The van der Waals surface area contributed by atoms with E-state index in [0.717, 1.165) is 18.4 Å². The van der Waals surface area contributed by atoms with Crippen LogP contribution in [0.3, 0.4) is 0 Å². The number of ether oxygens (including phenoxy) is 4. The molecule has 0 radical (unpaired) electrons. The van der Waals surface area contributed by atoms with Crippen molar-refractivity contribution in [3.8, 4) is 11.5 Å². The first-order valence-electron chi connectivity index (χ1n) is 11.1. The number of ketones is 1. The lowest BCUT2D eigenvalue weighted by molar-refractivity contribution is -0.140. The van der Waals surface area contributed by atoms with Crippen molar-refractivity contribution in [3.63, 3.8) is 0 Å². The molecule has 1 spiro atoms. The maximum Gasteiger partial charge on any atom is 0.338 e. The number of cyclic esters (lactones) is 1. The van der Waals surface area contributed by atoms with Crippen molar-refractivity contribution >= 4 is 17.7 Å². The number of hydrogen-bond acceptors (Lipinski definition) is 7. The summed E-state index contributed by atoms with van der Waals surface area (Å²) in [6, 6.07) is 4.83. The van der Waals surface area contributed by atoms with E-state index in [9.17, 15) is 14.4 Å². The summed E-state index contributed by atoms with van der Waals surface area (Å²) in [7, 11) is 0. The molecule has 1 aromatic carbocycles. The molecule has 2 heterocycles. The van der Waals surface area contributed by atoms with E-state index in [1.54, 1.807) is 24.3 Å². The lowest BCUT2D eigenvalue weighted by atomic mass is 9.69. The second kappa shape index (κ2) is 9.25. The molecule has 0 bridgehead atoms. The number of rotatable bonds is 6. The SMILES string of the molecule is CC(C)=CCC/C(C)=C/[C@H]1OC(=O)C[C@]12C[C@H](OC(=O)c1ccc3c(c1)OCO3)C=CC2=O. The van der Waals surface area contributed by atoms with Crippen molar-refractivity contribution in [3.05, 3.63) is 59.2 Å². The lowest BCUT2D eigenvalue weighted by Gasteiger charge is -2.34. The van der Waals surface area contributed by atoms with Crippen LogP contribution in [0.25, 0.3) is 0 Å². The molecule has 0 N–H and O–H groups in total. The largest absolute Gasteiger partial charge is 0.457 e. The average molecular weight is 453 g/mol. The molecule has 3 aliphatic rings. The Morgan fingerprint density at radius 3 is 2.76 bits per heavy atom. The molecule has 1 fully saturated rings. The highest BCUT2D eigenvalue weighted by Gasteiger charge is 2.55. The summed E-state index contributed by atoms with van der Waals surface area (Å²) in [5.41, 5.74) is 1.54. The van der Waals surface area contributed by atoms with Gasteiger partial charge in [-0.05, 0) is 70.0 Å². The number of allylic oxidation sites excluding steroid dienone is 4. The van der Waals surface area contributed by atoms with Crippen molar-refractivity contribution in [2.75, 3.05) is 6.79 Å². The van der Waals surface area contributed by atoms with Crippen molar-refractivity contribution in [2.45, 2.75) is 58.7 Å². The minimum atomic E-state index is -1.07. The van der Waals surface area contributed by atoms with Crippen LogP contribution in [-0.2, 0) is 19.1 Å². The fraction of sp³-hybridized carbons (Fsp3) is 0.423. The smallest absolute Gasteiger partial charge is 0.338 e. The number of esters is 2. The van der Waals surface area contributed by atoms with Gasteiger partial charge in [-0.25, -0.2) is 4.79 Å². The van der Waals surface area contributed by atoms with Gasteiger partial charge in [0.2, 0.25) is 6.79 Å². The molecule has 2 aliphatic heterocycles. The van der Waals surface area contributed by atoms with Crippen LogP contribution in [0.5, 0.6) is 11.5 Å². The van der Waals surface area contributed by atoms with E-state index in [2.05, 4.69) is 6.08 Å². The highest BCUT2D eigenvalue weighted by atomic mass is 16.7. The molecular weight excluding hydrogens is 424 g/mol. The van der Waals surface area contributed by atoms with E-state index in [1.807, 2.05) is 26.8 Å². The first kappa shape index (κ1) is 22.8. The second-order valence-electron chi connectivity index (χ2n) is 9.02. The summed E-state index contributed by atoms with van der Waals surface area (Å²) in [6.45, 7) is 6.18. The van der Waals surface area contributed by atoms with Crippen LogP contribution < -0.4 is 9.47 Å². The molecule has 174 valence electrons. The Balaban J connectivity index is 1.49. The van der Waals surface area contributed by atoms with E-state index >= 15 is 0 Å². The molecule has 7 nitrogen and oxygen atoms in total.